The lowest BCUT2D eigenvalue weighted by Gasteiger charge is -2.10. The van der Waals surface area contributed by atoms with E-state index in [1.807, 2.05) is 25.1 Å². The maximum absolute atomic E-state index is 11.7. The molecule has 0 aliphatic carbocycles. The zero-order chi connectivity index (χ0) is 14.4. The third-order valence-corrected chi connectivity index (χ3v) is 3.75. The molecule has 1 aromatic carbocycles. The summed E-state index contributed by atoms with van der Waals surface area (Å²) >= 11 is 0. The van der Waals surface area contributed by atoms with Crippen LogP contribution in [0.5, 0.6) is 0 Å². The van der Waals surface area contributed by atoms with Crippen LogP contribution in [0.2, 0.25) is 0 Å². The number of primary amides is 1. The van der Waals surface area contributed by atoms with Crippen molar-refractivity contribution >= 4 is 17.5 Å². The van der Waals surface area contributed by atoms with Crippen LogP contribution < -0.4 is 10.6 Å². The zero-order valence-corrected chi connectivity index (χ0v) is 11.4. The molecule has 2 amide bonds. The number of rotatable bonds is 2. The molecule has 0 fully saturated rings. The van der Waals surface area contributed by atoms with Gasteiger partial charge in [-0.05, 0) is 36.2 Å². The van der Waals surface area contributed by atoms with E-state index in [-0.39, 0.29) is 5.91 Å². The first-order valence-electron chi connectivity index (χ1n) is 6.36. The molecule has 1 aliphatic rings. The average Bonchev–Trinajstić information content (AvgIpc) is 2.91. The SMILES string of the molecule is Cc1[nH]c(-c2ccc3c(c2)CC(=O)N3C)cc1C(N)=O. The van der Waals surface area contributed by atoms with Crippen LogP contribution in [0.25, 0.3) is 11.3 Å². The van der Waals surface area contributed by atoms with E-state index in [2.05, 4.69) is 4.98 Å². The molecule has 3 rings (SSSR count). The number of carbonyl (C=O) groups excluding carboxylic acids is 2. The number of carbonyl (C=O) groups is 2. The number of aryl methyl sites for hydroxylation is 1. The van der Waals surface area contributed by atoms with Crippen molar-refractivity contribution < 1.29 is 9.59 Å². The minimum Gasteiger partial charge on any atom is -0.366 e. The van der Waals surface area contributed by atoms with Crippen molar-refractivity contribution in [2.24, 2.45) is 5.73 Å². The standard InChI is InChI=1S/C15H15N3O2/c1-8-11(15(16)20)7-12(17-8)9-3-4-13-10(5-9)6-14(19)18(13)2/h3-5,7,17H,6H2,1-2H3,(H2,16,20). The topological polar surface area (TPSA) is 79.2 Å². The molecule has 0 saturated carbocycles. The van der Waals surface area contributed by atoms with Crippen molar-refractivity contribution in [3.8, 4) is 11.3 Å². The minimum absolute atomic E-state index is 0.0950. The van der Waals surface area contributed by atoms with E-state index < -0.39 is 5.91 Å². The smallest absolute Gasteiger partial charge is 0.250 e. The maximum atomic E-state index is 11.7. The van der Waals surface area contributed by atoms with Crippen LogP contribution in [-0.2, 0) is 11.2 Å². The molecule has 102 valence electrons. The summed E-state index contributed by atoms with van der Waals surface area (Å²) in [5, 5.41) is 0. The Balaban J connectivity index is 2.05. The predicted octanol–water partition coefficient (Wildman–Crippen LogP) is 1.61. The van der Waals surface area contributed by atoms with E-state index in [1.165, 1.54) is 0 Å². The van der Waals surface area contributed by atoms with Crippen LogP contribution in [0.1, 0.15) is 21.6 Å². The van der Waals surface area contributed by atoms with Gasteiger partial charge in [-0.15, -0.1) is 0 Å². The zero-order valence-electron chi connectivity index (χ0n) is 11.4. The van der Waals surface area contributed by atoms with Crippen LogP contribution in [-0.4, -0.2) is 23.8 Å². The summed E-state index contributed by atoms with van der Waals surface area (Å²) < 4.78 is 0. The highest BCUT2D eigenvalue weighted by Gasteiger charge is 2.24. The normalized spacial score (nSPS) is 13.7. The Morgan fingerprint density at radius 3 is 2.75 bits per heavy atom. The molecular formula is C15H15N3O2. The Bertz CT molecular complexity index is 731. The van der Waals surface area contributed by atoms with E-state index in [4.69, 9.17) is 5.73 Å². The molecule has 1 aliphatic heterocycles. The van der Waals surface area contributed by atoms with Gasteiger partial charge in [-0.25, -0.2) is 0 Å². The first-order chi connectivity index (χ1) is 9.47. The lowest BCUT2D eigenvalue weighted by Crippen LogP contribution is -2.20. The Morgan fingerprint density at radius 1 is 1.35 bits per heavy atom. The summed E-state index contributed by atoms with van der Waals surface area (Å²) in [5.74, 6) is -0.348. The van der Waals surface area contributed by atoms with Crippen LogP contribution in [0.4, 0.5) is 5.69 Å². The molecule has 0 bridgehead atoms. The summed E-state index contributed by atoms with van der Waals surface area (Å²) in [6.07, 6.45) is 0.419. The number of amides is 2. The number of likely N-dealkylation sites (N-methyl/N-ethyl adjacent to an activating group) is 1. The average molecular weight is 269 g/mol. The summed E-state index contributed by atoms with van der Waals surface area (Å²) in [6, 6.07) is 7.59. The highest BCUT2D eigenvalue weighted by Crippen LogP contribution is 2.32. The molecular weight excluding hydrogens is 254 g/mol. The number of nitrogens with zero attached hydrogens (tertiary/aromatic N) is 1. The van der Waals surface area contributed by atoms with Gasteiger partial charge in [0.25, 0.3) is 5.91 Å². The number of nitrogens with one attached hydrogen (secondary N) is 1. The molecule has 0 atom stereocenters. The molecule has 0 saturated heterocycles. The number of aromatic amines is 1. The van der Waals surface area contributed by atoms with Gasteiger partial charge in [0.1, 0.15) is 0 Å². The summed E-state index contributed by atoms with van der Waals surface area (Å²) in [7, 11) is 1.78. The number of hydrogen-bond acceptors (Lipinski definition) is 2. The van der Waals surface area contributed by atoms with Gasteiger partial charge in [-0.3, -0.25) is 9.59 Å². The number of anilines is 1. The second-order valence-electron chi connectivity index (χ2n) is 5.06. The number of hydrogen-bond donors (Lipinski definition) is 2. The third-order valence-electron chi connectivity index (χ3n) is 3.75. The highest BCUT2D eigenvalue weighted by molar-refractivity contribution is 6.01. The van der Waals surface area contributed by atoms with Crippen molar-refractivity contribution in [1.82, 2.24) is 4.98 Å². The summed E-state index contributed by atoms with van der Waals surface area (Å²) in [5.41, 5.74) is 10.3. The molecule has 0 radical (unpaired) electrons. The molecule has 5 nitrogen and oxygen atoms in total. The van der Waals surface area contributed by atoms with Crippen molar-refractivity contribution in [1.29, 1.82) is 0 Å². The molecule has 0 unspecified atom stereocenters. The molecule has 0 spiro atoms. The van der Waals surface area contributed by atoms with E-state index >= 15 is 0 Å². The number of H-pyrrole nitrogens is 1. The van der Waals surface area contributed by atoms with Gasteiger partial charge in [0, 0.05) is 24.1 Å². The molecule has 3 N–H and O–H groups in total. The van der Waals surface area contributed by atoms with E-state index in [0.717, 1.165) is 28.2 Å². The lowest BCUT2D eigenvalue weighted by atomic mass is 10.1. The van der Waals surface area contributed by atoms with Crippen molar-refractivity contribution in [3.05, 3.63) is 41.1 Å². The number of fused-ring (bicyclic) bond motifs is 1. The Labute approximate surface area is 116 Å². The van der Waals surface area contributed by atoms with Gasteiger partial charge in [0.2, 0.25) is 5.91 Å². The fourth-order valence-corrected chi connectivity index (χ4v) is 2.61. The Kier molecular flexibility index (Phi) is 2.64. The minimum atomic E-state index is -0.443. The molecule has 5 heteroatoms. The van der Waals surface area contributed by atoms with Crippen molar-refractivity contribution in [2.45, 2.75) is 13.3 Å². The van der Waals surface area contributed by atoms with Gasteiger partial charge in [0.05, 0.1) is 12.0 Å². The van der Waals surface area contributed by atoms with Gasteiger partial charge in [-0.1, -0.05) is 6.07 Å². The summed E-state index contributed by atoms with van der Waals surface area (Å²) in [4.78, 5) is 27.8. The highest BCUT2D eigenvalue weighted by atomic mass is 16.2. The number of benzene rings is 1. The third kappa shape index (κ3) is 1.79. The molecule has 1 aromatic heterocycles. The quantitative estimate of drug-likeness (QED) is 0.868. The van der Waals surface area contributed by atoms with E-state index in [1.54, 1.807) is 18.0 Å². The maximum Gasteiger partial charge on any atom is 0.250 e. The van der Waals surface area contributed by atoms with Gasteiger partial charge >= 0.3 is 0 Å². The van der Waals surface area contributed by atoms with Gasteiger partial charge in [0.15, 0.2) is 0 Å². The van der Waals surface area contributed by atoms with Crippen LogP contribution >= 0.6 is 0 Å². The van der Waals surface area contributed by atoms with E-state index in [0.29, 0.717) is 12.0 Å². The molecule has 20 heavy (non-hydrogen) atoms. The van der Waals surface area contributed by atoms with Crippen molar-refractivity contribution in [3.63, 3.8) is 0 Å². The first-order valence-corrected chi connectivity index (χ1v) is 6.36. The Hall–Kier alpha value is -2.56. The summed E-state index contributed by atoms with van der Waals surface area (Å²) in [6.45, 7) is 1.81. The largest absolute Gasteiger partial charge is 0.366 e. The number of nitrogens with two attached hydrogens (primary N) is 1. The lowest BCUT2D eigenvalue weighted by molar-refractivity contribution is -0.117. The van der Waals surface area contributed by atoms with E-state index in [9.17, 15) is 9.59 Å². The Morgan fingerprint density at radius 2 is 2.10 bits per heavy atom. The predicted molar refractivity (Wildman–Crippen MR) is 76.6 cm³/mol. The second-order valence-corrected chi connectivity index (χ2v) is 5.06. The van der Waals surface area contributed by atoms with Crippen LogP contribution in [0.15, 0.2) is 24.3 Å². The van der Waals surface area contributed by atoms with Gasteiger partial charge < -0.3 is 15.6 Å². The first kappa shape index (κ1) is 12.5. The van der Waals surface area contributed by atoms with Gasteiger partial charge in [-0.2, -0.15) is 0 Å². The van der Waals surface area contributed by atoms with Crippen LogP contribution in [0, 0.1) is 6.92 Å². The fourth-order valence-electron chi connectivity index (χ4n) is 2.61. The molecule has 2 aromatic rings. The second kappa shape index (κ2) is 4.23. The monoisotopic (exact) mass is 269 g/mol. The number of aromatic nitrogens is 1. The van der Waals surface area contributed by atoms with Crippen LogP contribution in [0.3, 0.4) is 0 Å². The van der Waals surface area contributed by atoms with Crippen molar-refractivity contribution in [2.75, 3.05) is 11.9 Å². The fraction of sp³-hybridized carbons (Fsp3) is 0.200. The molecule has 2 heterocycles.